The highest BCUT2D eigenvalue weighted by Crippen LogP contribution is 2.61. The van der Waals surface area contributed by atoms with Crippen LogP contribution in [0, 0.1) is 11.7 Å². The van der Waals surface area contributed by atoms with Gasteiger partial charge in [-0.25, -0.2) is 4.39 Å². The fourth-order valence-electron chi connectivity index (χ4n) is 6.27. The molecule has 2 aliphatic heterocycles. The topological polar surface area (TPSA) is 65.1 Å². The third kappa shape index (κ3) is 2.63. The first kappa shape index (κ1) is 18.6. The van der Waals surface area contributed by atoms with Gasteiger partial charge in [-0.2, -0.15) is 5.06 Å². The SMILES string of the molecule is O=C(N[C@@H]1CC[C@H]2[C@H]3Cc4c(ccc5c4O5)[C@@]2(CCN3O)C1)c1ccc(Cl)c(F)c1. The third-order valence-electron chi connectivity index (χ3n) is 7.64. The van der Waals surface area contributed by atoms with Crippen molar-refractivity contribution >= 4 is 17.5 Å². The Kier molecular flexibility index (Phi) is 3.98. The van der Waals surface area contributed by atoms with Crippen LogP contribution in [0.3, 0.4) is 0 Å². The molecule has 156 valence electrons. The van der Waals surface area contributed by atoms with Crippen LogP contribution in [-0.2, 0) is 11.8 Å². The zero-order valence-corrected chi connectivity index (χ0v) is 17.1. The molecule has 30 heavy (non-hydrogen) atoms. The van der Waals surface area contributed by atoms with Crippen molar-refractivity contribution in [1.29, 1.82) is 0 Å². The van der Waals surface area contributed by atoms with Crippen LogP contribution in [0.15, 0.2) is 30.3 Å². The molecule has 0 unspecified atom stereocenters. The van der Waals surface area contributed by atoms with Crippen molar-refractivity contribution in [3.05, 3.63) is 57.9 Å². The predicted molar refractivity (Wildman–Crippen MR) is 109 cm³/mol. The van der Waals surface area contributed by atoms with Gasteiger partial charge in [0.2, 0.25) is 0 Å². The molecule has 2 bridgehead atoms. The number of amides is 1. The van der Waals surface area contributed by atoms with E-state index in [0.717, 1.165) is 43.6 Å². The normalized spacial score (nSPS) is 31.1. The lowest BCUT2D eigenvalue weighted by molar-refractivity contribution is -0.188. The van der Waals surface area contributed by atoms with E-state index in [-0.39, 0.29) is 34.0 Å². The standard InChI is InChI=1S/C23H22ClFN2O3/c24-17-5-1-12(9-18(17)25)22(28)26-13-2-3-16-19-10-14-15(4-6-20-21(14)30-20)23(16,11-13)7-8-27(19)29/h1,4-6,9,13,16,19,29H,2-3,7-8,10-11H2,(H,26,28)/t13-,16+,19-,23-/m1/s1. The van der Waals surface area contributed by atoms with E-state index in [2.05, 4.69) is 11.4 Å². The second-order valence-electron chi connectivity index (χ2n) is 9.05. The first-order valence-electron chi connectivity index (χ1n) is 10.5. The molecular weight excluding hydrogens is 407 g/mol. The van der Waals surface area contributed by atoms with E-state index < -0.39 is 5.82 Å². The predicted octanol–water partition coefficient (Wildman–Crippen LogP) is 4.44. The van der Waals surface area contributed by atoms with Gasteiger partial charge in [-0.3, -0.25) is 4.79 Å². The highest BCUT2D eigenvalue weighted by molar-refractivity contribution is 6.30. The van der Waals surface area contributed by atoms with Crippen molar-refractivity contribution in [3.8, 4) is 11.5 Å². The number of rotatable bonds is 2. The fraction of sp³-hybridized carbons (Fsp3) is 0.435. The summed E-state index contributed by atoms with van der Waals surface area (Å²) in [4.78, 5) is 12.8. The Bertz CT molecular complexity index is 1080. The molecule has 2 aliphatic carbocycles. The molecule has 7 heteroatoms. The summed E-state index contributed by atoms with van der Waals surface area (Å²) in [5.74, 6) is 1.40. The molecule has 1 saturated heterocycles. The molecule has 2 aromatic rings. The van der Waals surface area contributed by atoms with E-state index in [1.165, 1.54) is 28.3 Å². The lowest BCUT2D eigenvalue weighted by Gasteiger charge is -2.58. The number of carbonyl (C=O) groups excluding carboxylic acids is 1. The molecule has 6 rings (SSSR count). The number of piperidine rings is 1. The van der Waals surface area contributed by atoms with Crippen molar-refractivity contribution in [3.63, 3.8) is 0 Å². The molecule has 0 aromatic heterocycles. The Morgan fingerprint density at radius 3 is 3.00 bits per heavy atom. The first-order chi connectivity index (χ1) is 14.5. The first-order valence-corrected chi connectivity index (χ1v) is 10.9. The summed E-state index contributed by atoms with van der Waals surface area (Å²) in [6, 6.07) is 8.47. The van der Waals surface area contributed by atoms with Crippen molar-refractivity contribution in [2.24, 2.45) is 5.92 Å². The van der Waals surface area contributed by atoms with Gasteiger partial charge in [0, 0.05) is 35.2 Å². The van der Waals surface area contributed by atoms with Gasteiger partial charge in [0.1, 0.15) is 5.82 Å². The van der Waals surface area contributed by atoms with Gasteiger partial charge in [-0.1, -0.05) is 17.7 Å². The molecule has 2 N–H and O–H groups in total. The summed E-state index contributed by atoms with van der Waals surface area (Å²) >= 11 is 5.75. The van der Waals surface area contributed by atoms with Gasteiger partial charge in [0.05, 0.1) is 5.02 Å². The van der Waals surface area contributed by atoms with Crippen LogP contribution in [0.2, 0.25) is 5.02 Å². The van der Waals surface area contributed by atoms with Crippen LogP contribution in [0.5, 0.6) is 11.5 Å². The maximum absolute atomic E-state index is 13.8. The number of hydroxylamine groups is 2. The molecule has 0 radical (unpaired) electrons. The lowest BCUT2D eigenvalue weighted by atomic mass is 9.52. The molecule has 1 saturated carbocycles. The molecule has 4 atom stereocenters. The Labute approximate surface area is 178 Å². The van der Waals surface area contributed by atoms with E-state index >= 15 is 0 Å². The van der Waals surface area contributed by atoms with Crippen LogP contribution in [0.25, 0.3) is 0 Å². The maximum Gasteiger partial charge on any atom is 0.251 e. The number of ether oxygens (including phenoxy) is 1. The van der Waals surface area contributed by atoms with E-state index in [0.29, 0.717) is 12.5 Å². The van der Waals surface area contributed by atoms with Gasteiger partial charge in [-0.05, 0) is 67.9 Å². The number of fused-ring (bicyclic) bond motifs is 3. The average Bonchev–Trinajstić information content (AvgIpc) is 3.52. The number of carbonyl (C=O) groups is 1. The van der Waals surface area contributed by atoms with E-state index in [4.69, 9.17) is 16.3 Å². The van der Waals surface area contributed by atoms with Gasteiger partial charge in [0.15, 0.2) is 11.5 Å². The van der Waals surface area contributed by atoms with Crippen molar-refractivity contribution in [2.45, 2.75) is 49.6 Å². The summed E-state index contributed by atoms with van der Waals surface area (Å²) in [7, 11) is 0. The summed E-state index contributed by atoms with van der Waals surface area (Å²) in [5, 5.41) is 15.2. The quantitative estimate of drug-likeness (QED) is 0.592. The highest BCUT2D eigenvalue weighted by Gasteiger charge is 2.57. The van der Waals surface area contributed by atoms with Gasteiger partial charge in [0.25, 0.3) is 5.91 Å². The van der Waals surface area contributed by atoms with Crippen molar-refractivity contribution in [2.75, 3.05) is 6.54 Å². The van der Waals surface area contributed by atoms with Crippen LogP contribution in [0.1, 0.15) is 47.2 Å². The number of nitrogens with one attached hydrogen (secondary N) is 1. The fourth-order valence-corrected chi connectivity index (χ4v) is 6.39. The molecule has 5 nitrogen and oxygen atoms in total. The molecule has 4 aliphatic rings. The van der Waals surface area contributed by atoms with Crippen LogP contribution >= 0.6 is 11.6 Å². The smallest absolute Gasteiger partial charge is 0.251 e. The Morgan fingerprint density at radius 1 is 1.30 bits per heavy atom. The monoisotopic (exact) mass is 428 g/mol. The van der Waals surface area contributed by atoms with Crippen LogP contribution in [0.4, 0.5) is 4.39 Å². The molecule has 2 fully saturated rings. The zero-order valence-electron chi connectivity index (χ0n) is 16.3. The average molecular weight is 429 g/mol. The van der Waals surface area contributed by atoms with E-state index in [1.54, 1.807) is 6.07 Å². The lowest BCUT2D eigenvalue weighted by Crippen LogP contribution is -2.62. The molecular formula is C23H22ClFN2O3. The summed E-state index contributed by atoms with van der Waals surface area (Å²) in [6.45, 7) is 0.627. The molecule has 2 aromatic carbocycles. The summed E-state index contributed by atoms with van der Waals surface area (Å²) in [6.07, 6.45) is 4.24. The number of halogens is 2. The molecule has 1 amide bonds. The van der Waals surface area contributed by atoms with Gasteiger partial charge in [-0.15, -0.1) is 0 Å². The Morgan fingerprint density at radius 2 is 2.17 bits per heavy atom. The minimum absolute atomic E-state index is 0.00544. The van der Waals surface area contributed by atoms with Crippen LogP contribution < -0.4 is 10.1 Å². The van der Waals surface area contributed by atoms with Crippen LogP contribution in [-0.4, -0.2) is 34.8 Å². The Hall–Kier alpha value is -2.15. The molecule has 0 spiro atoms. The van der Waals surface area contributed by atoms with E-state index in [1.807, 2.05) is 6.07 Å². The van der Waals surface area contributed by atoms with Gasteiger partial charge < -0.3 is 15.3 Å². The third-order valence-corrected chi connectivity index (χ3v) is 7.95. The summed E-state index contributed by atoms with van der Waals surface area (Å²) < 4.78 is 19.5. The molecule has 2 heterocycles. The van der Waals surface area contributed by atoms with Crippen molar-refractivity contribution < 1.29 is 19.1 Å². The minimum atomic E-state index is -0.590. The van der Waals surface area contributed by atoms with Crippen molar-refractivity contribution in [1.82, 2.24) is 10.4 Å². The zero-order chi connectivity index (χ0) is 20.6. The van der Waals surface area contributed by atoms with Gasteiger partial charge >= 0.3 is 0 Å². The van der Waals surface area contributed by atoms with E-state index in [9.17, 15) is 14.4 Å². The largest absolute Gasteiger partial charge is 0.449 e. The number of benzene rings is 2. The second kappa shape index (κ2) is 6.42. The second-order valence-corrected chi connectivity index (χ2v) is 9.46. The maximum atomic E-state index is 13.8. The Balaban J connectivity index is 1.31. The number of nitrogens with zero attached hydrogens (tertiary/aromatic N) is 1. The highest BCUT2D eigenvalue weighted by atomic mass is 35.5. The number of hydrogen-bond acceptors (Lipinski definition) is 4. The summed E-state index contributed by atoms with van der Waals surface area (Å²) in [5.41, 5.74) is 2.74. The number of hydrogen-bond donors (Lipinski definition) is 2. The minimum Gasteiger partial charge on any atom is -0.449 e.